The van der Waals surface area contributed by atoms with Crippen molar-refractivity contribution in [2.45, 2.75) is 13.5 Å². The molecule has 0 fully saturated rings. The van der Waals surface area contributed by atoms with Crippen LogP contribution >= 0.6 is 11.6 Å². The molecule has 0 spiro atoms. The highest BCUT2D eigenvalue weighted by atomic mass is 35.5. The summed E-state index contributed by atoms with van der Waals surface area (Å²) in [4.78, 5) is 22.8. The van der Waals surface area contributed by atoms with Gasteiger partial charge < -0.3 is 10.2 Å². The second kappa shape index (κ2) is 8.60. The molecule has 3 rings (SSSR count). The fraction of sp³-hybridized carbons (Fsp3) is 0.150. The van der Waals surface area contributed by atoms with E-state index in [1.807, 2.05) is 37.3 Å². The summed E-state index contributed by atoms with van der Waals surface area (Å²) < 4.78 is 13.2. The van der Waals surface area contributed by atoms with Gasteiger partial charge in [0.15, 0.2) is 0 Å². The number of hydrogen-bond donors (Lipinski definition) is 1. The van der Waals surface area contributed by atoms with Gasteiger partial charge in [-0.15, -0.1) is 0 Å². The largest absolute Gasteiger partial charge is 0.335 e. The summed E-state index contributed by atoms with van der Waals surface area (Å²) in [5.74, 6) is -0.347. The monoisotopic (exact) mass is 384 g/mol. The van der Waals surface area contributed by atoms with Crippen LogP contribution in [-0.4, -0.2) is 27.3 Å². The Kier molecular flexibility index (Phi) is 5.98. The molecule has 0 unspecified atom stereocenters. The Morgan fingerprint density at radius 2 is 1.85 bits per heavy atom. The van der Waals surface area contributed by atoms with Crippen molar-refractivity contribution in [3.05, 3.63) is 82.9 Å². The van der Waals surface area contributed by atoms with Crippen LogP contribution in [0.2, 0.25) is 5.02 Å². The lowest BCUT2D eigenvalue weighted by molar-refractivity contribution is 0.0752. The fourth-order valence-corrected chi connectivity index (χ4v) is 2.70. The fourth-order valence-electron chi connectivity index (χ4n) is 2.52. The number of benzene rings is 2. The summed E-state index contributed by atoms with van der Waals surface area (Å²) in [6.45, 7) is 3.02. The van der Waals surface area contributed by atoms with Gasteiger partial charge in [0.2, 0.25) is 5.95 Å². The number of hydrogen-bond acceptors (Lipinski definition) is 4. The van der Waals surface area contributed by atoms with E-state index < -0.39 is 5.82 Å². The van der Waals surface area contributed by atoms with E-state index in [0.29, 0.717) is 30.3 Å². The molecule has 0 saturated carbocycles. The van der Waals surface area contributed by atoms with Crippen LogP contribution in [0.25, 0.3) is 0 Å². The van der Waals surface area contributed by atoms with Crippen LogP contribution in [0, 0.1) is 5.82 Å². The second-order valence-corrected chi connectivity index (χ2v) is 6.26. The lowest BCUT2D eigenvalue weighted by atomic mass is 10.2. The van der Waals surface area contributed by atoms with E-state index in [0.717, 1.165) is 5.56 Å². The third-order valence-electron chi connectivity index (χ3n) is 3.96. The number of amides is 1. The van der Waals surface area contributed by atoms with Crippen molar-refractivity contribution in [1.82, 2.24) is 14.9 Å². The predicted molar refractivity (Wildman–Crippen MR) is 104 cm³/mol. The van der Waals surface area contributed by atoms with Crippen LogP contribution in [-0.2, 0) is 6.54 Å². The van der Waals surface area contributed by atoms with Crippen molar-refractivity contribution in [2.24, 2.45) is 0 Å². The number of carbonyl (C=O) groups excluding carboxylic acids is 1. The van der Waals surface area contributed by atoms with Gasteiger partial charge in [-0.3, -0.25) is 4.79 Å². The number of anilines is 2. The van der Waals surface area contributed by atoms with Gasteiger partial charge in [0.05, 0.1) is 10.6 Å². The summed E-state index contributed by atoms with van der Waals surface area (Å²) in [5.41, 5.74) is 2.01. The summed E-state index contributed by atoms with van der Waals surface area (Å²) in [6, 6.07) is 14.0. The number of halogens is 2. The molecule has 2 aromatic carbocycles. The zero-order valence-corrected chi connectivity index (χ0v) is 15.4. The van der Waals surface area contributed by atoms with Gasteiger partial charge in [0, 0.05) is 31.2 Å². The smallest absolute Gasteiger partial charge is 0.257 e. The Balaban J connectivity index is 1.69. The first-order valence-corrected chi connectivity index (χ1v) is 8.82. The molecular weight excluding hydrogens is 367 g/mol. The zero-order chi connectivity index (χ0) is 19.2. The van der Waals surface area contributed by atoms with E-state index in [2.05, 4.69) is 15.3 Å². The molecule has 0 radical (unpaired) electrons. The number of aromatic nitrogens is 2. The molecule has 0 aliphatic carbocycles. The van der Waals surface area contributed by atoms with E-state index >= 15 is 0 Å². The molecule has 1 heterocycles. The molecule has 1 aromatic heterocycles. The second-order valence-electron chi connectivity index (χ2n) is 5.85. The highest BCUT2D eigenvalue weighted by molar-refractivity contribution is 6.31. The van der Waals surface area contributed by atoms with Crippen LogP contribution < -0.4 is 5.32 Å². The first-order chi connectivity index (χ1) is 13.1. The highest BCUT2D eigenvalue weighted by Gasteiger charge is 2.15. The van der Waals surface area contributed by atoms with Crippen molar-refractivity contribution in [3.63, 3.8) is 0 Å². The maximum atomic E-state index is 13.2. The summed E-state index contributed by atoms with van der Waals surface area (Å²) in [7, 11) is 0. The standard InChI is InChI=1S/C20H18ClFN4O/c1-2-26(13-14-6-4-3-5-7-14)19(27)15-11-23-20(24-12-15)25-16-8-9-18(22)17(21)10-16/h3-12H,2,13H2,1H3,(H,23,24,25). The topological polar surface area (TPSA) is 58.1 Å². The summed E-state index contributed by atoms with van der Waals surface area (Å²) in [5, 5.41) is 2.93. The lowest BCUT2D eigenvalue weighted by Gasteiger charge is -2.20. The minimum absolute atomic E-state index is 0.00583. The molecule has 0 aliphatic heterocycles. The molecule has 0 bridgehead atoms. The molecule has 0 aliphatic rings. The zero-order valence-electron chi connectivity index (χ0n) is 14.7. The molecule has 7 heteroatoms. The number of nitrogens with zero attached hydrogens (tertiary/aromatic N) is 3. The van der Waals surface area contributed by atoms with Gasteiger partial charge >= 0.3 is 0 Å². The highest BCUT2D eigenvalue weighted by Crippen LogP contribution is 2.21. The minimum Gasteiger partial charge on any atom is -0.335 e. The van der Waals surface area contributed by atoms with Gasteiger partial charge in [-0.2, -0.15) is 0 Å². The van der Waals surface area contributed by atoms with Crippen molar-refractivity contribution in [3.8, 4) is 0 Å². The van der Waals surface area contributed by atoms with Crippen molar-refractivity contribution in [1.29, 1.82) is 0 Å². The van der Waals surface area contributed by atoms with E-state index in [1.54, 1.807) is 4.90 Å². The Bertz CT molecular complexity index is 919. The van der Waals surface area contributed by atoms with Crippen LogP contribution in [0.15, 0.2) is 60.9 Å². The first kappa shape index (κ1) is 18.8. The number of carbonyl (C=O) groups is 1. The Labute approximate surface area is 161 Å². The quantitative estimate of drug-likeness (QED) is 0.670. The van der Waals surface area contributed by atoms with Crippen LogP contribution in [0.3, 0.4) is 0 Å². The SMILES string of the molecule is CCN(Cc1ccccc1)C(=O)c1cnc(Nc2ccc(F)c(Cl)c2)nc1. The Morgan fingerprint density at radius 1 is 1.15 bits per heavy atom. The number of nitrogens with one attached hydrogen (secondary N) is 1. The molecule has 0 saturated heterocycles. The molecule has 1 N–H and O–H groups in total. The van der Waals surface area contributed by atoms with Gasteiger partial charge in [-0.25, -0.2) is 14.4 Å². The minimum atomic E-state index is -0.498. The number of rotatable bonds is 6. The van der Waals surface area contributed by atoms with Crippen molar-refractivity contribution in [2.75, 3.05) is 11.9 Å². The molecule has 138 valence electrons. The maximum absolute atomic E-state index is 13.2. The van der Waals surface area contributed by atoms with Gasteiger partial charge in [0.25, 0.3) is 5.91 Å². The van der Waals surface area contributed by atoms with Gasteiger partial charge in [-0.05, 0) is 30.7 Å². The van der Waals surface area contributed by atoms with E-state index in [9.17, 15) is 9.18 Å². The molecule has 0 atom stereocenters. The Hall–Kier alpha value is -2.99. The van der Waals surface area contributed by atoms with Crippen molar-refractivity contribution >= 4 is 29.1 Å². The normalized spacial score (nSPS) is 10.5. The molecule has 5 nitrogen and oxygen atoms in total. The van der Waals surface area contributed by atoms with E-state index in [-0.39, 0.29) is 10.9 Å². The summed E-state index contributed by atoms with van der Waals surface area (Å²) >= 11 is 5.76. The summed E-state index contributed by atoms with van der Waals surface area (Å²) in [6.07, 6.45) is 2.94. The third-order valence-corrected chi connectivity index (χ3v) is 4.25. The molecule has 27 heavy (non-hydrogen) atoms. The van der Waals surface area contributed by atoms with E-state index in [4.69, 9.17) is 11.6 Å². The average molecular weight is 385 g/mol. The molecule has 1 amide bonds. The van der Waals surface area contributed by atoms with Gasteiger partial charge in [-0.1, -0.05) is 41.9 Å². The molecule has 3 aromatic rings. The lowest BCUT2D eigenvalue weighted by Crippen LogP contribution is -2.30. The maximum Gasteiger partial charge on any atom is 0.257 e. The van der Waals surface area contributed by atoms with Crippen LogP contribution in [0.5, 0.6) is 0 Å². The third kappa shape index (κ3) is 4.80. The van der Waals surface area contributed by atoms with Crippen LogP contribution in [0.1, 0.15) is 22.8 Å². The average Bonchev–Trinajstić information content (AvgIpc) is 2.70. The van der Waals surface area contributed by atoms with E-state index in [1.165, 1.54) is 30.6 Å². The van der Waals surface area contributed by atoms with Gasteiger partial charge in [0.1, 0.15) is 5.82 Å². The predicted octanol–water partition coefficient (Wildman–Crippen LogP) is 4.68. The van der Waals surface area contributed by atoms with Crippen LogP contribution in [0.4, 0.5) is 16.0 Å². The Morgan fingerprint density at radius 3 is 2.48 bits per heavy atom. The first-order valence-electron chi connectivity index (χ1n) is 8.44. The van der Waals surface area contributed by atoms with Crippen molar-refractivity contribution < 1.29 is 9.18 Å². The molecular formula is C20H18ClFN4O.